The highest BCUT2D eigenvalue weighted by Gasteiger charge is 2.18. The number of pyridine rings is 1. The van der Waals surface area contributed by atoms with E-state index in [0.29, 0.717) is 0 Å². The molecule has 0 spiro atoms. The zero-order chi connectivity index (χ0) is 37.0. The molecular weight excluding hydrogens is 675 g/mol. The minimum absolute atomic E-state index is 0.976. The maximum Gasteiger partial charge on any atom is 0.0722 e. The molecule has 1 nitrogen and oxygen atoms in total. The number of nitrogens with zero attached hydrogens (tertiary/aromatic N) is 1. The van der Waals surface area contributed by atoms with E-state index in [1.165, 1.54) is 93.0 Å². The second-order valence-corrected chi connectivity index (χ2v) is 14.7. The summed E-state index contributed by atoms with van der Waals surface area (Å²) in [7, 11) is 0. The van der Waals surface area contributed by atoms with E-state index in [1.807, 2.05) is 0 Å². The molecule has 0 aliphatic rings. The van der Waals surface area contributed by atoms with Crippen molar-refractivity contribution in [1.82, 2.24) is 4.98 Å². The van der Waals surface area contributed by atoms with E-state index in [0.717, 1.165) is 16.8 Å². The second-order valence-electron chi connectivity index (χ2n) is 14.7. The largest absolute Gasteiger partial charge is 0.248 e. The number of rotatable bonds is 5. The van der Waals surface area contributed by atoms with Crippen molar-refractivity contribution < 1.29 is 0 Å². The summed E-state index contributed by atoms with van der Waals surface area (Å²) >= 11 is 0. The highest BCUT2D eigenvalue weighted by atomic mass is 14.7. The van der Waals surface area contributed by atoms with Crippen molar-refractivity contribution in [3.8, 4) is 55.8 Å². The molecule has 0 saturated carbocycles. The maximum absolute atomic E-state index is 5.18. The second kappa shape index (κ2) is 13.2. The Morgan fingerprint density at radius 2 is 0.786 bits per heavy atom. The Hall–Kier alpha value is -7.35. The van der Waals surface area contributed by atoms with Crippen LogP contribution in [-0.4, -0.2) is 4.98 Å². The number of aromatic nitrogens is 1. The van der Waals surface area contributed by atoms with Gasteiger partial charge in [-0.25, -0.2) is 4.98 Å². The van der Waals surface area contributed by atoms with Gasteiger partial charge in [0, 0.05) is 10.9 Å². The van der Waals surface area contributed by atoms with Crippen molar-refractivity contribution in [2.75, 3.05) is 0 Å². The Bertz CT molecular complexity index is 3230. The van der Waals surface area contributed by atoms with Gasteiger partial charge in [-0.3, -0.25) is 0 Å². The highest BCUT2D eigenvalue weighted by Crippen LogP contribution is 2.45. The van der Waals surface area contributed by atoms with Gasteiger partial charge in [0.1, 0.15) is 0 Å². The summed E-state index contributed by atoms with van der Waals surface area (Å²) in [6.45, 7) is 0. The Balaban J connectivity index is 1.05. The van der Waals surface area contributed by atoms with Gasteiger partial charge < -0.3 is 0 Å². The first-order valence-electron chi connectivity index (χ1n) is 19.3. The van der Waals surface area contributed by atoms with Crippen molar-refractivity contribution in [3.05, 3.63) is 212 Å². The first-order chi connectivity index (χ1) is 27.8. The summed E-state index contributed by atoms with van der Waals surface area (Å²) in [6.07, 6.45) is 0. The third-order valence-corrected chi connectivity index (χ3v) is 11.4. The average molecular weight is 710 g/mol. The maximum atomic E-state index is 5.18. The molecule has 0 amide bonds. The van der Waals surface area contributed by atoms with Crippen LogP contribution < -0.4 is 0 Å². The normalized spacial score (nSPS) is 11.6. The average Bonchev–Trinajstić information content (AvgIpc) is 3.28. The standard InChI is InChI=1S/C55H35N/c1-2-15-39(16-3-1)52-35-50(55-45-20-7-6-14-38(45)31-32-51(55)56-52)43-19-12-18-42(33-43)37-25-28-40(29-26-37)53-46-21-8-10-23-48(46)54(49-24-11-9-22-47(49)53)44-30-27-36-13-4-5-17-41(36)34-44/h1-35H. The van der Waals surface area contributed by atoms with Crippen LogP contribution in [0, 0.1) is 0 Å². The lowest BCUT2D eigenvalue weighted by Gasteiger charge is -2.18. The summed E-state index contributed by atoms with van der Waals surface area (Å²) in [6, 6.07) is 77.2. The summed E-state index contributed by atoms with van der Waals surface area (Å²) in [5.74, 6) is 0. The van der Waals surface area contributed by atoms with Gasteiger partial charge in [0.2, 0.25) is 0 Å². The number of hydrogen-bond donors (Lipinski definition) is 0. The van der Waals surface area contributed by atoms with Crippen LogP contribution in [-0.2, 0) is 0 Å². The molecule has 1 aromatic heterocycles. The number of benzene rings is 10. The number of fused-ring (bicyclic) bond motifs is 6. The summed E-state index contributed by atoms with van der Waals surface area (Å²) < 4.78 is 0. The van der Waals surface area contributed by atoms with Gasteiger partial charge >= 0.3 is 0 Å². The predicted octanol–water partition coefficient (Wildman–Crippen LogP) is 15.2. The van der Waals surface area contributed by atoms with Crippen LogP contribution in [0.25, 0.3) is 110 Å². The molecule has 0 fully saturated rings. The fourth-order valence-electron chi connectivity index (χ4n) is 8.78. The highest BCUT2D eigenvalue weighted by molar-refractivity contribution is 6.22. The van der Waals surface area contributed by atoms with Crippen molar-refractivity contribution >= 4 is 54.0 Å². The van der Waals surface area contributed by atoms with Crippen LogP contribution in [0.15, 0.2) is 212 Å². The molecule has 11 rings (SSSR count). The Morgan fingerprint density at radius 1 is 0.268 bits per heavy atom. The Morgan fingerprint density at radius 3 is 1.50 bits per heavy atom. The number of hydrogen-bond acceptors (Lipinski definition) is 1. The summed E-state index contributed by atoms with van der Waals surface area (Å²) in [5.41, 5.74) is 12.8. The van der Waals surface area contributed by atoms with Crippen molar-refractivity contribution in [2.45, 2.75) is 0 Å². The van der Waals surface area contributed by atoms with Gasteiger partial charge in [-0.05, 0) is 112 Å². The van der Waals surface area contributed by atoms with E-state index in [-0.39, 0.29) is 0 Å². The monoisotopic (exact) mass is 709 g/mol. The van der Waals surface area contributed by atoms with Gasteiger partial charge in [-0.2, -0.15) is 0 Å². The smallest absolute Gasteiger partial charge is 0.0722 e. The molecule has 0 bridgehead atoms. The third kappa shape index (κ3) is 5.36. The van der Waals surface area contributed by atoms with E-state index >= 15 is 0 Å². The Kier molecular flexibility index (Phi) is 7.57. The molecule has 10 aromatic carbocycles. The summed E-state index contributed by atoms with van der Waals surface area (Å²) in [5, 5.41) is 11.2. The molecule has 11 aromatic rings. The molecule has 0 N–H and O–H groups in total. The zero-order valence-electron chi connectivity index (χ0n) is 30.7. The molecule has 260 valence electrons. The Labute approximate surface area is 325 Å². The topological polar surface area (TPSA) is 12.9 Å². The fraction of sp³-hybridized carbons (Fsp3) is 0. The van der Waals surface area contributed by atoms with Crippen LogP contribution >= 0.6 is 0 Å². The zero-order valence-corrected chi connectivity index (χ0v) is 30.7. The molecule has 1 heterocycles. The minimum Gasteiger partial charge on any atom is -0.248 e. The lowest BCUT2D eigenvalue weighted by molar-refractivity contribution is 1.40. The van der Waals surface area contributed by atoms with Crippen molar-refractivity contribution in [3.63, 3.8) is 0 Å². The van der Waals surface area contributed by atoms with E-state index in [9.17, 15) is 0 Å². The molecular formula is C55H35N. The first-order valence-corrected chi connectivity index (χ1v) is 19.3. The quantitative estimate of drug-likeness (QED) is 0.128. The van der Waals surface area contributed by atoms with Crippen LogP contribution in [0.5, 0.6) is 0 Å². The third-order valence-electron chi connectivity index (χ3n) is 11.4. The van der Waals surface area contributed by atoms with E-state index in [1.54, 1.807) is 0 Å². The van der Waals surface area contributed by atoms with Gasteiger partial charge in [0.25, 0.3) is 0 Å². The SMILES string of the molecule is c1ccc(-c2cc(-c3cccc(-c4ccc(-c5c6ccccc6c(-c6ccc7ccccc7c6)c6ccccc56)cc4)c3)c3c(ccc4ccccc43)n2)cc1. The van der Waals surface area contributed by atoms with Crippen molar-refractivity contribution in [1.29, 1.82) is 0 Å². The molecule has 0 aliphatic carbocycles. The van der Waals surface area contributed by atoms with Crippen LogP contribution in [0.3, 0.4) is 0 Å². The van der Waals surface area contributed by atoms with E-state index in [2.05, 4.69) is 212 Å². The van der Waals surface area contributed by atoms with E-state index < -0.39 is 0 Å². The molecule has 1 heteroatoms. The molecule has 56 heavy (non-hydrogen) atoms. The molecule has 0 unspecified atom stereocenters. The lowest BCUT2D eigenvalue weighted by atomic mass is 9.85. The lowest BCUT2D eigenvalue weighted by Crippen LogP contribution is -1.92. The van der Waals surface area contributed by atoms with Gasteiger partial charge in [0.15, 0.2) is 0 Å². The summed E-state index contributed by atoms with van der Waals surface area (Å²) in [4.78, 5) is 5.18. The van der Waals surface area contributed by atoms with Gasteiger partial charge in [-0.1, -0.05) is 188 Å². The first kappa shape index (κ1) is 32.1. The van der Waals surface area contributed by atoms with Crippen LogP contribution in [0.4, 0.5) is 0 Å². The van der Waals surface area contributed by atoms with Crippen molar-refractivity contribution in [2.24, 2.45) is 0 Å². The minimum atomic E-state index is 0.976. The fourth-order valence-corrected chi connectivity index (χ4v) is 8.78. The molecule has 0 saturated heterocycles. The van der Waals surface area contributed by atoms with Gasteiger partial charge in [-0.15, -0.1) is 0 Å². The molecule has 0 aliphatic heterocycles. The van der Waals surface area contributed by atoms with Crippen LogP contribution in [0.2, 0.25) is 0 Å². The van der Waals surface area contributed by atoms with E-state index in [4.69, 9.17) is 4.98 Å². The molecule has 0 atom stereocenters. The predicted molar refractivity (Wildman–Crippen MR) is 239 cm³/mol. The molecule has 0 radical (unpaired) electrons. The van der Waals surface area contributed by atoms with Gasteiger partial charge in [0.05, 0.1) is 11.2 Å². The van der Waals surface area contributed by atoms with Crippen LogP contribution in [0.1, 0.15) is 0 Å².